The van der Waals surface area contributed by atoms with E-state index in [0.717, 1.165) is 33.7 Å². The molecule has 25 heavy (non-hydrogen) atoms. The summed E-state index contributed by atoms with van der Waals surface area (Å²) in [6, 6.07) is 0. The van der Waals surface area contributed by atoms with E-state index >= 15 is 0 Å². The summed E-state index contributed by atoms with van der Waals surface area (Å²) in [5.41, 5.74) is 1.27. The first-order chi connectivity index (χ1) is 11.8. The van der Waals surface area contributed by atoms with Crippen LogP contribution in [0.15, 0.2) is 24.3 Å². The molecular weight excluding hydrogens is 455 g/mol. The molecule has 0 radical (unpaired) electrons. The molecule has 2 nitrogen and oxygen atoms in total. The van der Waals surface area contributed by atoms with Crippen molar-refractivity contribution in [1.82, 2.24) is 0 Å². The molecule has 3 atom stereocenters. The van der Waals surface area contributed by atoms with Gasteiger partial charge >= 0.3 is 178 Å². The Morgan fingerprint density at radius 2 is 1.68 bits per heavy atom. The average Bonchev–Trinajstić information content (AvgIpc) is 2.58. The zero-order valence-electron chi connectivity index (χ0n) is 15.0. The van der Waals surface area contributed by atoms with Crippen molar-refractivity contribution < 1.29 is 9.59 Å². The van der Waals surface area contributed by atoms with Gasteiger partial charge in [0, 0.05) is 0 Å². The Morgan fingerprint density at radius 1 is 1.08 bits per heavy atom. The minimum atomic E-state index is 0.106. The normalized spacial score (nSPS) is 21.6. The van der Waals surface area contributed by atoms with Gasteiger partial charge in [-0.3, -0.25) is 0 Å². The van der Waals surface area contributed by atoms with Gasteiger partial charge < -0.3 is 0 Å². The van der Waals surface area contributed by atoms with Crippen LogP contribution in [0.2, 0.25) is 10.1 Å². The Kier molecular flexibility index (Phi) is 12.4. The molecule has 0 N–H and O–H groups in total. The monoisotopic (exact) mass is 484 g/mol. The fraction of sp³-hybridized carbons (Fsp3) is 0.667. The molecule has 1 rings (SSSR count). The Balaban J connectivity index is 2.14. The summed E-state index contributed by atoms with van der Waals surface area (Å²) < 4.78 is 0. The van der Waals surface area contributed by atoms with E-state index in [-0.39, 0.29) is 10.2 Å². The second-order valence-corrected chi connectivity index (χ2v) is 13.0. The van der Waals surface area contributed by atoms with Gasteiger partial charge in [0.1, 0.15) is 0 Å². The number of carbonyl (C=O) groups excluding carboxylic acids is 2. The standard InChI is InChI=1S/C18H28O2S4Se/c1-12(2)17(19)23-8-7-15(21)16-6-5-14(11-25-16)22-9-10-24-18(20)13(3)4/h14-16,21H,1,3,5-11H2,2,4H3. The van der Waals surface area contributed by atoms with Crippen LogP contribution in [-0.2, 0) is 9.59 Å². The van der Waals surface area contributed by atoms with E-state index in [2.05, 4.69) is 13.2 Å². The fourth-order valence-electron chi connectivity index (χ4n) is 2.24. The molecule has 1 aliphatic rings. The molecule has 3 unspecified atom stereocenters. The van der Waals surface area contributed by atoms with E-state index in [0.29, 0.717) is 31.4 Å². The second kappa shape index (κ2) is 13.0. The van der Waals surface area contributed by atoms with Crippen LogP contribution in [0.4, 0.5) is 0 Å². The van der Waals surface area contributed by atoms with Crippen LogP contribution < -0.4 is 0 Å². The van der Waals surface area contributed by atoms with Gasteiger partial charge in [-0.25, -0.2) is 0 Å². The molecule has 1 heterocycles. The van der Waals surface area contributed by atoms with E-state index in [1.54, 1.807) is 13.8 Å². The van der Waals surface area contributed by atoms with Crippen molar-refractivity contribution >= 4 is 73.1 Å². The Morgan fingerprint density at radius 3 is 2.20 bits per heavy atom. The first-order valence-electron chi connectivity index (χ1n) is 8.37. The minimum absolute atomic E-state index is 0.106. The van der Waals surface area contributed by atoms with Crippen LogP contribution >= 0.6 is 47.9 Å². The number of thioether (sulfide) groups is 3. The molecule has 0 aromatic carbocycles. The third-order valence-corrected chi connectivity index (χ3v) is 12.2. The zero-order chi connectivity index (χ0) is 18.8. The van der Waals surface area contributed by atoms with Crippen molar-refractivity contribution in [2.45, 2.75) is 53.7 Å². The van der Waals surface area contributed by atoms with E-state index < -0.39 is 0 Å². The number of hydrogen-bond acceptors (Lipinski definition) is 6. The topological polar surface area (TPSA) is 34.1 Å². The third-order valence-electron chi connectivity index (χ3n) is 3.71. The molecule has 0 aliphatic carbocycles. The van der Waals surface area contributed by atoms with Crippen molar-refractivity contribution in [3.05, 3.63) is 24.3 Å². The number of rotatable bonds is 10. The van der Waals surface area contributed by atoms with Gasteiger partial charge in [0.05, 0.1) is 0 Å². The third kappa shape index (κ3) is 10.0. The predicted octanol–water partition coefficient (Wildman–Crippen LogP) is 5.15. The number of thiol groups is 1. The molecule has 142 valence electrons. The van der Waals surface area contributed by atoms with E-state index in [9.17, 15) is 9.59 Å². The zero-order valence-corrected chi connectivity index (χ0v) is 20.0. The van der Waals surface area contributed by atoms with Gasteiger partial charge in [0.2, 0.25) is 0 Å². The molecule has 0 bridgehead atoms. The van der Waals surface area contributed by atoms with Gasteiger partial charge in [-0.15, -0.1) is 0 Å². The molecule has 1 aliphatic heterocycles. The Labute approximate surface area is 177 Å². The van der Waals surface area contributed by atoms with Gasteiger partial charge in [-0.05, 0) is 0 Å². The van der Waals surface area contributed by atoms with E-state index in [1.807, 2.05) is 11.8 Å². The van der Waals surface area contributed by atoms with Crippen molar-refractivity contribution in [2.75, 3.05) is 17.3 Å². The van der Waals surface area contributed by atoms with Gasteiger partial charge in [0.25, 0.3) is 0 Å². The molecule has 1 saturated heterocycles. The molecule has 0 aromatic heterocycles. The summed E-state index contributed by atoms with van der Waals surface area (Å²) in [7, 11) is 0. The average molecular weight is 484 g/mol. The number of hydrogen-bond donors (Lipinski definition) is 1. The van der Waals surface area contributed by atoms with Crippen molar-refractivity contribution in [2.24, 2.45) is 0 Å². The Hall–Kier alpha value is 0.739. The van der Waals surface area contributed by atoms with Crippen LogP contribution in [0, 0.1) is 0 Å². The van der Waals surface area contributed by atoms with E-state index in [1.165, 1.54) is 41.7 Å². The first-order valence-corrected chi connectivity index (χ1v) is 14.1. The molecule has 0 aromatic rings. The summed E-state index contributed by atoms with van der Waals surface area (Å²) in [5.74, 6) is 2.77. The van der Waals surface area contributed by atoms with Crippen molar-refractivity contribution in [3.8, 4) is 0 Å². The molecule has 0 amide bonds. The summed E-state index contributed by atoms with van der Waals surface area (Å²) in [4.78, 5) is 23.8. The van der Waals surface area contributed by atoms with Crippen LogP contribution in [0.25, 0.3) is 0 Å². The second-order valence-electron chi connectivity index (χ2n) is 6.13. The Bertz CT molecular complexity index is 487. The van der Waals surface area contributed by atoms with Crippen LogP contribution in [-0.4, -0.2) is 52.9 Å². The van der Waals surface area contributed by atoms with Crippen LogP contribution in [0.1, 0.15) is 33.1 Å². The summed E-state index contributed by atoms with van der Waals surface area (Å²) in [5, 5.41) is 2.69. The van der Waals surface area contributed by atoms with E-state index in [4.69, 9.17) is 12.6 Å². The van der Waals surface area contributed by atoms with Gasteiger partial charge in [-0.2, -0.15) is 0 Å². The molecule has 0 saturated carbocycles. The molecular formula is C18H28O2S4Se. The quantitative estimate of drug-likeness (QED) is 0.201. The summed E-state index contributed by atoms with van der Waals surface area (Å²) in [6.07, 6.45) is 3.50. The predicted molar refractivity (Wildman–Crippen MR) is 122 cm³/mol. The summed E-state index contributed by atoms with van der Waals surface area (Å²) in [6.45, 7) is 10.9. The van der Waals surface area contributed by atoms with Crippen molar-refractivity contribution in [1.29, 1.82) is 0 Å². The van der Waals surface area contributed by atoms with Crippen LogP contribution in [0.3, 0.4) is 0 Å². The fourth-order valence-corrected chi connectivity index (χ4v) is 9.54. The maximum atomic E-state index is 11.6. The van der Waals surface area contributed by atoms with Gasteiger partial charge in [0.15, 0.2) is 0 Å². The maximum absolute atomic E-state index is 11.6. The molecule has 7 heteroatoms. The van der Waals surface area contributed by atoms with Crippen LogP contribution in [0.5, 0.6) is 0 Å². The van der Waals surface area contributed by atoms with Gasteiger partial charge in [-0.1, -0.05) is 0 Å². The van der Waals surface area contributed by atoms with Crippen molar-refractivity contribution in [3.63, 3.8) is 0 Å². The number of carbonyl (C=O) groups is 2. The SMILES string of the molecule is C=C(C)C(=O)SCCSC1CCC(C(S)CCSC(=O)C(=C)C)[Se]C1. The first kappa shape index (κ1) is 23.8. The molecule has 0 spiro atoms. The summed E-state index contributed by atoms with van der Waals surface area (Å²) >= 11 is 10.2. The molecule has 1 fully saturated rings.